The lowest BCUT2D eigenvalue weighted by Gasteiger charge is -2.44. The van der Waals surface area contributed by atoms with Crippen molar-refractivity contribution >= 4 is 11.3 Å². The standard InChI is InChI=1S/C16H29N3S/c1-11(2)14-10-19(15(8-18-14)12(3)4)9-13(5)16-17-6-7-20-16/h6-7,11-15,18H,8-10H2,1-5H3. The van der Waals surface area contributed by atoms with E-state index in [2.05, 4.69) is 55.2 Å². The Morgan fingerprint density at radius 2 is 2.05 bits per heavy atom. The Kier molecular flexibility index (Phi) is 5.58. The van der Waals surface area contributed by atoms with E-state index in [-0.39, 0.29) is 0 Å². The van der Waals surface area contributed by atoms with E-state index in [4.69, 9.17) is 0 Å². The van der Waals surface area contributed by atoms with Crippen LogP contribution < -0.4 is 5.32 Å². The van der Waals surface area contributed by atoms with Crippen molar-refractivity contribution in [2.45, 2.75) is 52.6 Å². The van der Waals surface area contributed by atoms with Crippen LogP contribution in [0.15, 0.2) is 11.6 Å². The van der Waals surface area contributed by atoms with Crippen molar-refractivity contribution in [1.82, 2.24) is 15.2 Å². The van der Waals surface area contributed by atoms with Gasteiger partial charge in [0.15, 0.2) is 0 Å². The molecule has 0 aliphatic carbocycles. The zero-order valence-corrected chi connectivity index (χ0v) is 14.3. The summed E-state index contributed by atoms with van der Waals surface area (Å²) in [6.45, 7) is 15.0. The molecule has 20 heavy (non-hydrogen) atoms. The first-order valence-corrected chi connectivity index (χ1v) is 8.73. The second kappa shape index (κ2) is 7.01. The molecule has 2 heterocycles. The minimum absolute atomic E-state index is 0.530. The maximum Gasteiger partial charge on any atom is 0.0965 e. The lowest BCUT2D eigenvalue weighted by Crippen LogP contribution is -2.60. The Labute approximate surface area is 127 Å². The van der Waals surface area contributed by atoms with Crippen molar-refractivity contribution in [1.29, 1.82) is 0 Å². The third-order valence-corrected chi connectivity index (χ3v) is 5.45. The molecule has 3 nitrogen and oxygen atoms in total. The summed E-state index contributed by atoms with van der Waals surface area (Å²) in [7, 11) is 0. The molecule has 114 valence electrons. The second-order valence-corrected chi connectivity index (χ2v) is 7.72. The molecule has 0 spiro atoms. The molecular formula is C16H29N3S. The lowest BCUT2D eigenvalue weighted by atomic mass is 9.93. The highest BCUT2D eigenvalue weighted by Gasteiger charge is 2.32. The molecule has 4 heteroatoms. The molecule has 1 aliphatic rings. The summed E-state index contributed by atoms with van der Waals surface area (Å²) >= 11 is 1.78. The van der Waals surface area contributed by atoms with Crippen LogP contribution in [0, 0.1) is 11.8 Å². The highest BCUT2D eigenvalue weighted by molar-refractivity contribution is 7.09. The zero-order chi connectivity index (χ0) is 14.7. The second-order valence-electron chi connectivity index (χ2n) is 6.80. The molecular weight excluding hydrogens is 266 g/mol. The first-order chi connectivity index (χ1) is 9.49. The van der Waals surface area contributed by atoms with Crippen molar-refractivity contribution in [3.63, 3.8) is 0 Å². The van der Waals surface area contributed by atoms with Crippen molar-refractivity contribution in [3.05, 3.63) is 16.6 Å². The first kappa shape index (κ1) is 15.9. The van der Waals surface area contributed by atoms with Gasteiger partial charge in [0.1, 0.15) is 0 Å². The van der Waals surface area contributed by atoms with Crippen molar-refractivity contribution < 1.29 is 0 Å². The van der Waals surface area contributed by atoms with Gasteiger partial charge in [-0.15, -0.1) is 11.3 Å². The number of nitrogens with one attached hydrogen (secondary N) is 1. The van der Waals surface area contributed by atoms with E-state index >= 15 is 0 Å². The molecule has 0 saturated carbocycles. The summed E-state index contributed by atoms with van der Waals surface area (Å²) in [4.78, 5) is 7.17. The molecule has 3 atom stereocenters. The Bertz CT molecular complexity index is 388. The number of hydrogen-bond acceptors (Lipinski definition) is 4. The molecule has 0 bridgehead atoms. The van der Waals surface area contributed by atoms with Crippen LogP contribution in [0.2, 0.25) is 0 Å². The highest BCUT2D eigenvalue weighted by atomic mass is 32.1. The van der Waals surface area contributed by atoms with Gasteiger partial charge in [-0.2, -0.15) is 0 Å². The van der Waals surface area contributed by atoms with Crippen LogP contribution in [0.5, 0.6) is 0 Å². The van der Waals surface area contributed by atoms with E-state index in [1.165, 1.54) is 5.01 Å². The van der Waals surface area contributed by atoms with Gasteiger partial charge < -0.3 is 5.32 Å². The molecule has 1 N–H and O–H groups in total. The van der Waals surface area contributed by atoms with Gasteiger partial charge in [-0.25, -0.2) is 4.98 Å². The zero-order valence-electron chi connectivity index (χ0n) is 13.5. The van der Waals surface area contributed by atoms with Crippen LogP contribution >= 0.6 is 11.3 Å². The number of rotatable bonds is 5. The quantitative estimate of drug-likeness (QED) is 0.904. The Morgan fingerprint density at radius 1 is 1.30 bits per heavy atom. The van der Waals surface area contributed by atoms with Gasteiger partial charge >= 0.3 is 0 Å². The summed E-state index contributed by atoms with van der Waals surface area (Å²) in [6, 6.07) is 1.26. The van der Waals surface area contributed by atoms with Gasteiger partial charge in [-0.3, -0.25) is 4.90 Å². The summed E-state index contributed by atoms with van der Waals surface area (Å²) < 4.78 is 0. The summed E-state index contributed by atoms with van der Waals surface area (Å²) in [6.07, 6.45) is 1.92. The molecule has 3 unspecified atom stereocenters. The maximum atomic E-state index is 4.48. The largest absolute Gasteiger partial charge is 0.311 e. The van der Waals surface area contributed by atoms with Crippen molar-refractivity contribution in [2.75, 3.05) is 19.6 Å². The van der Waals surface area contributed by atoms with E-state index in [1.54, 1.807) is 11.3 Å². The predicted molar refractivity (Wildman–Crippen MR) is 87.4 cm³/mol. The van der Waals surface area contributed by atoms with Crippen LogP contribution in [-0.4, -0.2) is 41.6 Å². The molecule has 1 aromatic heterocycles. The molecule has 1 aliphatic heterocycles. The van der Waals surface area contributed by atoms with Gasteiger partial charge in [0.2, 0.25) is 0 Å². The van der Waals surface area contributed by atoms with E-state index in [0.29, 0.717) is 29.8 Å². The van der Waals surface area contributed by atoms with Crippen LogP contribution in [-0.2, 0) is 0 Å². The van der Waals surface area contributed by atoms with Gasteiger partial charge in [-0.1, -0.05) is 34.6 Å². The lowest BCUT2D eigenvalue weighted by molar-refractivity contribution is 0.0805. The van der Waals surface area contributed by atoms with E-state index < -0.39 is 0 Å². The van der Waals surface area contributed by atoms with Crippen LogP contribution in [0.3, 0.4) is 0 Å². The van der Waals surface area contributed by atoms with Crippen molar-refractivity contribution in [3.8, 4) is 0 Å². The highest BCUT2D eigenvalue weighted by Crippen LogP contribution is 2.24. The minimum Gasteiger partial charge on any atom is -0.311 e. The van der Waals surface area contributed by atoms with Gasteiger partial charge in [-0.05, 0) is 11.8 Å². The molecule has 0 radical (unpaired) electrons. The Morgan fingerprint density at radius 3 is 2.60 bits per heavy atom. The average molecular weight is 295 g/mol. The average Bonchev–Trinajstić information content (AvgIpc) is 2.92. The smallest absolute Gasteiger partial charge is 0.0965 e. The summed E-state index contributed by atoms with van der Waals surface area (Å²) in [5.41, 5.74) is 0. The molecule has 0 amide bonds. The van der Waals surface area contributed by atoms with Gasteiger partial charge in [0, 0.05) is 49.2 Å². The van der Waals surface area contributed by atoms with Crippen LogP contribution in [0.4, 0.5) is 0 Å². The molecule has 2 rings (SSSR count). The van der Waals surface area contributed by atoms with Crippen LogP contribution in [0.25, 0.3) is 0 Å². The predicted octanol–water partition coefficient (Wildman–Crippen LogP) is 3.20. The van der Waals surface area contributed by atoms with Crippen molar-refractivity contribution in [2.24, 2.45) is 11.8 Å². The van der Waals surface area contributed by atoms with Gasteiger partial charge in [0.05, 0.1) is 5.01 Å². The monoisotopic (exact) mass is 295 g/mol. The Hall–Kier alpha value is -0.450. The third kappa shape index (κ3) is 3.80. The van der Waals surface area contributed by atoms with E-state index in [0.717, 1.165) is 19.6 Å². The van der Waals surface area contributed by atoms with Crippen LogP contribution in [0.1, 0.15) is 45.5 Å². The summed E-state index contributed by atoms with van der Waals surface area (Å²) in [5, 5.41) is 7.09. The number of thiazole rings is 1. The normalized spacial score (nSPS) is 26.4. The number of piperazine rings is 1. The molecule has 1 saturated heterocycles. The fourth-order valence-corrected chi connectivity index (χ4v) is 3.77. The Balaban J connectivity index is 2.03. The number of hydrogen-bond donors (Lipinski definition) is 1. The SMILES string of the molecule is CC(CN1CC(C(C)C)NCC1C(C)C)c1nccs1. The van der Waals surface area contributed by atoms with Gasteiger partial charge in [0.25, 0.3) is 0 Å². The number of aromatic nitrogens is 1. The topological polar surface area (TPSA) is 28.2 Å². The molecule has 1 fully saturated rings. The fourth-order valence-electron chi connectivity index (χ4n) is 3.08. The van der Waals surface area contributed by atoms with E-state index in [9.17, 15) is 0 Å². The fraction of sp³-hybridized carbons (Fsp3) is 0.812. The minimum atomic E-state index is 0.530. The van der Waals surface area contributed by atoms with E-state index in [1.807, 2.05) is 6.20 Å². The molecule has 1 aromatic rings. The summed E-state index contributed by atoms with van der Waals surface area (Å²) in [5.74, 6) is 1.92. The number of nitrogens with zero attached hydrogens (tertiary/aromatic N) is 2. The first-order valence-electron chi connectivity index (χ1n) is 7.85. The molecule has 0 aromatic carbocycles. The maximum absolute atomic E-state index is 4.48. The third-order valence-electron chi connectivity index (χ3n) is 4.45.